The van der Waals surface area contributed by atoms with Crippen molar-refractivity contribution in [1.82, 2.24) is 0 Å². The van der Waals surface area contributed by atoms with Crippen molar-refractivity contribution in [2.24, 2.45) is 0 Å². The summed E-state index contributed by atoms with van der Waals surface area (Å²) in [7, 11) is -15.5. The summed E-state index contributed by atoms with van der Waals surface area (Å²) in [4.78, 5) is 0. The Kier molecular flexibility index (Phi) is 40.0. The van der Waals surface area contributed by atoms with Crippen LogP contribution in [0.1, 0.15) is 0 Å². The first-order valence-electron chi connectivity index (χ1n) is 2.00. The van der Waals surface area contributed by atoms with Gasteiger partial charge in [-0.3, -0.25) is 25.3 Å². The molecule has 0 aromatic rings. The Labute approximate surface area is 151 Å². The Bertz CT molecular complexity index is 350. The third kappa shape index (κ3) is 2110. The third-order valence-electron chi connectivity index (χ3n) is 0. The Morgan fingerprint density at radius 3 is 0.421 bits per heavy atom. The van der Waals surface area contributed by atoms with Gasteiger partial charge in [0.05, 0.1) is 0 Å². The van der Waals surface area contributed by atoms with Crippen LogP contribution in [0.25, 0.3) is 0 Å². The number of rotatable bonds is 0. The van der Waals surface area contributed by atoms with Crippen LogP contribution in [-0.4, -0.2) is 87.3 Å². The molecule has 0 heterocycles. The van der Waals surface area contributed by atoms with Gasteiger partial charge in [-0.1, -0.05) is 0 Å². The van der Waals surface area contributed by atoms with Crippen molar-refractivity contribution >= 4 is 65.9 Å². The monoisotopic (exact) mass is 454 g/mol. The molecular weight excluding hydrogens is 454 g/mol. The van der Waals surface area contributed by atoms with Gasteiger partial charge in [-0.25, -0.2) is 0 Å². The van der Waals surface area contributed by atoms with Crippen LogP contribution >= 0.6 is 0 Å². The van der Waals surface area contributed by atoms with Crippen molar-refractivity contribution in [3.05, 3.63) is 0 Å². The zero-order valence-electron chi connectivity index (χ0n) is 7.99. The first-order valence-corrected chi connectivity index (χ1v) is 6.00. The van der Waals surface area contributed by atoms with Crippen LogP contribution in [0.15, 0.2) is 0 Å². The zero-order chi connectivity index (χ0) is 13.5. The topological polar surface area (TPSA) is 241 Å². The van der Waals surface area contributed by atoms with E-state index in [4.69, 9.17) is 52.6 Å². The molecule has 0 bridgehead atoms. The summed E-state index contributed by atoms with van der Waals surface area (Å²) < 4.78 is 102. The molecule has 0 rings (SSSR count). The molecule has 0 amide bonds. The summed E-state index contributed by atoms with van der Waals surface area (Å²) in [6.45, 7) is 0. The molecule has 12 nitrogen and oxygen atoms in total. The van der Waals surface area contributed by atoms with Gasteiger partial charge in [0, 0.05) is 65.9 Å². The van der Waals surface area contributed by atoms with Crippen LogP contribution in [0.3, 0.4) is 0 Å². The molecule has 0 saturated heterocycles. The van der Waals surface area contributed by atoms with E-state index in [0.29, 0.717) is 0 Å². The SMILES string of the molecule is O=S(=O)([O-])[O-].O=S(=O)([O-])[O-].O=S(=O)([O-])[O-].[Al].[Al].[Fe+3].[Fe+3]. The molecule has 19 heavy (non-hydrogen) atoms. The molecule has 0 aliphatic carbocycles. The van der Waals surface area contributed by atoms with Gasteiger partial charge in [-0.2, -0.15) is 0 Å². The molecule has 0 atom stereocenters. The second kappa shape index (κ2) is 17.8. The van der Waals surface area contributed by atoms with E-state index >= 15 is 0 Å². The second-order valence-electron chi connectivity index (χ2n) is 1.22. The van der Waals surface area contributed by atoms with Gasteiger partial charge < -0.3 is 27.3 Å². The average molecular weight is 454 g/mol. The van der Waals surface area contributed by atoms with Gasteiger partial charge in [0.15, 0.2) is 0 Å². The molecule has 0 fully saturated rings. The second-order valence-corrected chi connectivity index (χ2v) is 3.67. The smallest absolute Gasteiger partial charge is 0.759 e. The van der Waals surface area contributed by atoms with E-state index in [-0.39, 0.29) is 68.9 Å². The van der Waals surface area contributed by atoms with Crippen molar-refractivity contribution in [1.29, 1.82) is 0 Å². The molecule has 19 heteroatoms. The summed E-state index contributed by atoms with van der Waals surface area (Å²) in [6, 6.07) is 0. The Balaban J connectivity index is -0.0000000206. The number of hydrogen-bond donors (Lipinski definition) is 0. The largest absolute Gasteiger partial charge is 3.00 e. The normalized spacial score (nSPS) is 9.16. The molecule has 0 N–H and O–H groups in total. The third-order valence-corrected chi connectivity index (χ3v) is 0. The van der Waals surface area contributed by atoms with Crippen LogP contribution in [0.4, 0.5) is 0 Å². The van der Waals surface area contributed by atoms with Crippen LogP contribution in [0, 0.1) is 0 Å². The van der Waals surface area contributed by atoms with E-state index < -0.39 is 31.2 Å². The van der Waals surface area contributed by atoms with Gasteiger partial charge >= 0.3 is 34.1 Å². The van der Waals surface area contributed by atoms with Crippen LogP contribution in [0.2, 0.25) is 0 Å². The van der Waals surface area contributed by atoms with E-state index in [1.165, 1.54) is 0 Å². The predicted molar refractivity (Wildman–Crippen MR) is 42.9 cm³/mol. The van der Waals surface area contributed by atoms with Crippen LogP contribution in [0.5, 0.6) is 0 Å². The first-order chi connectivity index (χ1) is 6.00. The van der Waals surface area contributed by atoms with E-state index in [9.17, 15) is 0 Å². The minimum atomic E-state index is -5.17. The molecule has 0 spiro atoms. The molecule has 112 valence electrons. The molecule has 0 aromatic carbocycles. The number of hydrogen-bond acceptors (Lipinski definition) is 12. The molecule has 8 radical (unpaired) electrons. The Morgan fingerprint density at radius 2 is 0.421 bits per heavy atom. The van der Waals surface area contributed by atoms with E-state index in [2.05, 4.69) is 0 Å². The molecule has 0 aliphatic heterocycles. The molecule has 0 aliphatic rings. The quantitative estimate of drug-likeness (QED) is 0.190. The summed E-state index contributed by atoms with van der Waals surface area (Å²) in [5.41, 5.74) is 0. The summed E-state index contributed by atoms with van der Waals surface area (Å²) in [6.07, 6.45) is 0. The van der Waals surface area contributed by atoms with Crippen molar-refractivity contribution in [3.63, 3.8) is 0 Å². The van der Waals surface area contributed by atoms with Crippen molar-refractivity contribution < 1.29 is 86.7 Å². The molecule has 0 unspecified atom stereocenters. The van der Waals surface area contributed by atoms with Gasteiger partial charge in [0.2, 0.25) is 0 Å². The van der Waals surface area contributed by atoms with Crippen LogP contribution in [-0.2, 0) is 65.3 Å². The van der Waals surface area contributed by atoms with Crippen molar-refractivity contribution in [2.75, 3.05) is 0 Å². The van der Waals surface area contributed by atoms with Gasteiger partial charge in [0.25, 0.3) is 0 Å². The van der Waals surface area contributed by atoms with Crippen molar-refractivity contribution in [3.8, 4) is 0 Å². The fraction of sp³-hybridized carbons (Fsp3) is 0. The fourth-order valence-electron chi connectivity index (χ4n) is 0. The maximum absolute atomic E-state index is 8.52. The van der Waals surface area contributed by atoms with Gasteiger partial charge in [0.1, 0.15) is 0 Å². The van der Waals surface area contributed by atoms with E-state index in [1.807, 2.05) is 0 Å². The fourth-order valence-corrected chi connectivity index (χ4v) is 0. The van der Waals surface area contributed by atoms with Crippen LogP contribution < -0.4 is 0 Å². The van der Waals surface area contributed by atoms with Gasteiger partial charge in [-0.05, 0) is 0 Å². The maximum Gasteiger partial charge on any atom is 3.00 e. The van der Waals surface area contributed by atoms with Gasteiger partial charge in [-0.15, -0.1) is 0 Å². The minimum Gasteiger partial charge on any atom is -0.759 e. The first kappa shape index (κ1) is 42.8. The average Bonchev–Trinajstić information content (AvgIpc) is 1.41. The Morgan fingerprint density at radius 1 is 0.421 bits per heavy atom. The Hall–Kier alpha value is 1.71. The standard InChI is InChI=1S/2Al.2Fe.3H2O4S/c;;;;3*1-5(2,3)4/h;;;;3*(H2,1,2,3,4)/q;;2*+3;;;/p-6. The molecular formula is Al2Fe2O12S3. The zero-order valence-corrected chi connectivity index (χ0v) is 15.0. The summed E-state index contributed by atoms with van der Waals surface area (Å²) >= 11 is 0. The van der Waals surface area contributed by atoms with Crippen molar-refractivity contribution in [2.45, 2.75) is 0 Å². The molecule has 0 aromatic heterocycles. The maximum atomic E-state index is 8.52. The van der Waals surface area contributed by atoms with E-state index in [0.717, 1.165) is 0 Å². The molecule has 0 saturated carbocycles. The predicted octanol–water partition coefficient (Wildman–Crippen LogP) is -4.78. The summed E-state index contributed by atoms with van der Waals surface area (Å²) in [5.74, 6) is 0. The summed E-state index contributed by atoms with van der Waals surface area (Å²) in [5, 5.41) is 0. The van der Waals surface area contributed by atoms with E-state index in [1.54, 1.807) is 0 Å². The minimum absolute atomic E-state index is 0.